The molecule has 1 heterocycles. The highest BCUT2D eigenvalue weighted by molar-refractivity contribution is 5.75. The predicted molar refractivity (Wildman–Crippen MR) is 57.2 cm³/mol. The molecule has 0 aromatic heterocycles. The molecule has 6 heteroatoms. The van der Waals surface area contributed by atoms with Crippen molar-refractivity contribution in [2.75, 3.05) is 13.7 Å². The van der Waals surface area contributed by atoms with Gasteiger partial charge >= 0.3 is 5.97 Å². The highest BCUT2D eigenvalue weighted by Crippen LogP contribution is 2.27. The maximum atomic E-state index is 12.1. The molecule has 0 saturated carbocycles. The zero-order chi connectivity index (χ0) is 13.0. The van der Waals surface area contributed by atoms with Crippen LogP contribution in [0.5, 0.6) is 0 Å². The van der Waals surface area contributed by atoms with Gasteiger partial charge in [0.05, 0.1) is 7.11 Å². The number of likely N-dealkylation sites (tertiary alicyclic amines) is 1. The topological polar surface area (TPSA) is 49.8 Å². The van der Waals surface area contributed by atoms with Gasteiger partial charge in [0, 0.05) is 6.54 Å². The molecule has 0 aliphatic carbocycles. The fourth-order valence-corrected chi connectivity index (χ4v) is 2.18. The minimum Gasteiger partial charge on any atom is -0.468 e. The molecule has 1 aliphatic rings. The van der Waals surface area contributed by atoms with Crippen LogP contribution in [-0.4, -0.2) is 41.9 Å². The Balaban J connectivity index is 2.72. The number of aliphatic hydroxyl groups excluding tert-OH is 1. The second-order valence-corrected chi connectivity index (χ2v) is 4.08. The van der Waals surface area contributed by atoms with E-state index in [1.165, 1.54) is 12.0 Å². The van der Waals surface area contributed by atoms with Crippen molar-refractivity contribution in [2.45, 2.75) is 32.0 Å². The van der Waals surface area contributed by atoms with Crippen LogP contribution in [0.3, 0.4) is 0 Å². The summed E-state index contributed by atoms with van der Waals surface area (Å²) in [7, 11) is 1.27. The van der Waals surface area contributed by atoms with Crippen LogP contribution in [0, 0.1) is 5.92 Å². The van der Waals surface area contributed by atoms with Gasteiger partial charge in [0.1, 0.15) is 12.3 Å². The third-order valence-electron chi connectivity index (χ3n) is 2.96. The Kier molecular flexibility index (Phi) is 5.02. The van der Waals surface area contributed by atoms with Crippen molar-refractivity contribution < 1.29 is 23.4 Å². The lowest BCUT2D eigenvalue weighted by Gasteiger charge is -2.27. The maximum absolute atomic E-state index is 12.1. The van der Waals surface area contributed by atoms with Crippen molar-refractivity contribution >= 4 is 5.97 Å². The summed E-state index contributed by atoms with van der Waals surface area (Å²) in [4.78, 5) is 13.0. The molecule has 1 fully saturated rings. The zero-order valence-corrected chi connectivity index (χ0v) is 9.90. The van der Waals surface area contributed by atoms with Gasteiger partial charge in [-0.05, 0) is 24.8 Å². The van der Waals surface area contributed by atoms with Crippen LogP contribution < -0.4 is 0 Å². The first kappa shape index (κ1) is 14.1. The van der Waals surface area contributed by atoms with E-state index in [-0.39, 0.29) is 13.0 Å². The number of aliphatic hydroxyl groups is 1. The smallest absolute Gasteiger partial charge is 0.323 e. The lowest BCUT2D eigenvalue weighted by Crippen LogP contribution is -2.44. The molecule has 4 nitrogen and oxygen atoms in total. The normalized spacial score (nSPS) is 26.6. The van der Waals surface area contributed by atoms with Crippen LogP contribution in [0.2, 0.25) is 0 Å². The monoisotopic (exact) mass is 249 g/mol. The molecule has 1 saturated heterocycles. The van der Waals surface area contributed by atoms with Gasteiger partial charge in [-0.25, -0.2) is 0 Å². The number of rotatable bonds is 4. The fourth-order valence-electron chi connectivity index (χ4n) is 2.18. The average molecular weight is 249 g/mol. The van der Waals surface area contributed by atoms with E-state index in [1.807, 2.05) is 0 Å². The number of ether oxygens (including phenoxy) is 1. The summed E-state index contributed by atoms with van der Waals surface area (Å²) in [6, 6.07) is -0.573. The van der Waals surface area contributed by atoms with Crippen LogP contribution in [0.4, 0.5) is 8.78 Å². The standard InChI is InChI=1S/C11H17F2NO3/c1-3-8(11(16)17-2)14-6-7(4-9(12)13)5-10(14)15/h4,7-8,10,15H,3,5-6H2,1-2H3/t7-,8+,10?/m1/s1. The Morgan fingerprint density at radius 2 is 2.29 bits per heavy atom. The summed E-state index contributed by atoms with van der Waals surface area (Å²) in [6.07, 6.45) is -1.12. The number of halogens is 2. The first-order valence-corrected chi connectivity index (χ1v) is 5.54. The van der Waals surface area contributed by atoms with E-state index in [4.69, 9.17) is 0 Å². The quantitative estimate of drug-likeness (QED) is 0.764. The Morgan fingerprint density at radius 3 is 2.76 bits per heavy atom. The van der Waals surface area contributed by atoms with Crippen LogP contribution >= 0.6 is 0 Å². The van der Waals surface area contributed by atoms with Crippen molar-refractivity contribution in [2.24, 2.45) is 5.92 Å². The molecule has 17 heavy (non-hydrogen) atoms. The molecule has 1 unspecified atom stereocenters. The number of hydrogen-bond acceptors (Lipinski definition) is 4. The summed E-state index contributed by atoms with van der Waals surface area (Å²) in [5, 5.41) is 9.76. The average Bonchev–Trinajstić information content (AvgIpc) is 2.59. The Morgan fingerprint density at radius 1 is 1.65 bits per heavy atom. The van der Waals surface area contributed by atoms with Crippen LogP contribution in [0.25, 0.3) is 0 Å². The van der Waals surface area contributed by atoms with Crippen LogP contribution in [0.1, 0.15) is 19.8 Å². The van der Waals surface area contributed by atoms with E-state index in [9.17, 15) is 18.7 Å². The highest BCUT2D eigenvalue weighted by atomic mass is 19.3. The molecule has 0 radical (unpaired) electrons. The molecule has 1 rings (SSSR count). The van der Waals surface area contributed by atoms with E-state index >= 15 is 0 Å². The van der Waals surface area contributed by atoms with Crippen molar-refractivity contribution in [3.8, 4) is 0 Å². The molecule has 0 aromatic rings. The summed E-state index contributed by atoms with van der Waals surface area (Å²) in [5.74, 6) is -0.870. The number of methoxy groups -OCH3 is 1. The number of nitrogens with zero attached hydrogens (tertiary/aromatic N) is 1. The van der Waals surface area contributed by atoms with Gasteiger partial charge < -0.3 is 9.84 Å². The summed E-state index contributed by atoms with van der Waals surface area (Å²) in [6.45, 7) is 2.03. The fraction of sp³-hybridized carbons (Fsp3) is 0.727. The zero-order valence-electron chi connectivity index (χ0n) is 9.90. The van der Waals surface area contributed by atoms with Gasteiger partial charge in [-0.15, -0.1) is 0 Å². The van der Waals surface area contributed by atoms with Crippen molar-refractivity contribution in [3.63, 3.8) is 0 Å². The number of esters is 1. The Hall–Kier alpha value is -1.01. The molecule has 0 bridgehead atoms. The van der Waals surface area contributed by atoms with E-state index in [0.717, 1.165) is 6.08 Å². The number of hydrogen-bond donors (Lipinski definition) is 1. The highest BCUT2D eigenvalue weighted by Gasteiger charge is 2.37. The largest absolute Gasteiger partial charge is 0.468 e. The van der Waals surface area contributed by atoms with Crippen molar-refractivity contribution in [1.82, 2.24) is 4.90 Å². The van der Waals surface area contributed by atoms with E-state index in [2.05, 4.69) is 4.74 Å². The summed E-state index contributed by atoms with van der Waals surface area (Å²) < 4.78 is 28.9. The minimum atomic E-state index is -1.75. The second kappa shape index (κ2) is 6.07. The van der Waals surface area contributed by atoms with Crippen molar-refractivity contribution in [3.05, 3.63) is 12.2 Å². The molecule has 1 aliphatic heterocycles. The first-order chi connectivity index (χ1) is 7.99. The summed E-state index contributed by atoms with van der Waals surface area (Å²) in [5.41, 5.74) is 0. The second-order valence-electron chi connectivity index (χ2n) is 4.08. The van der Waals surface area contributed by atoms with E-state index < -0.39 is 30.2 Å². The molecule has 0 spiro atoms. The molecule has 3 atom stereocenters. The van der Waals surface area contributed by atoms with Gasteiger partial charge in [0.2, 0.25) is 0 Å². The van der Waals surface area contributed by atoms with Gasteiger partial charge in [0.25, 0.3) is 6.08 Å². The van der Waals surface area contributed by atoms with Crippen LogP contribution in [0.15, 0.2) is 12.2 Å². The molecule has 0 aromatic carbocycles. The third kappa shape index (κ3) is 3.47. The van der Waals surface area contributed by atoms with Gasteiger partial charge in [-0.1, -0.05) is 6.92 Å². The number of carbonyl (C=O) groups is 1. The van der Waals surface area contributed by atoms with Gasteiger partial charge in [-0.2, -0.15) is 8.78 Å². The SMILES string of the molecule is CC[C@@H](C(=O)OC)N1C[C@H](C=C(F)F)CC1O. The molecular weight excluding hydrogens is 232 g/mol. The van der Waals surface area contributed by atoms with Gasteiger partial charge in [-0.3, -0.25) is 9.69 Å². The molecule has 0 amide bonds. The maximum Gasteiger partial charge on any atom is 0.323 e. The van der Waals surface area contributed by atoms with Crippen molar-refractivity contribution in [1.29, 1.82) is 0 Å². The molecule has 98 valence electrons. The predicted octanol–water partition coefficient (Wildman–Crippen LogP) is 1.36. The minimum absolute atomic E-state index is 0.213. The number of carbonyl (C=O) groups excluding carboxylic acids is 1. The van der Waals surface area contributed by atoms with Gasteiger partial charge in [0.15, 0.2) is 0 Å². The third-order valence-corrected chi connectivity index (χ3v) is 2.96. The lowest BCUT2D eigenvalue weighted by molar-refractivity contribution is -0.150. The Bertz CT molecular complexity index is 305. The van der Waals surface area contributed by atoms with E-state index in [0.29, 0.717) is 6.42 Å². The lowest BCUT2D eigenvalue weighted by atomic mass is 10.1. The molecule has 1 N–H and O–H groups in total. The van der Waals surface area contributed by atoms with E-state index in [1.54, 1.807) is 6.92 Å². The first-order valence-electron chi connectivity index (χ1n) is 5.54. The Labute approximate surface area is 98.9 Å². The summed E-state index contributed by atoms with van der Waals surface area (Å²) >= 11 is 0. The van der Waals surface area contributed by atoms with Crippen LogP contribution in [-0.2, 0) is 9.53 Å². The molecular formula is C11H17F2NO3.